The van der Waals surface area contributed by atoms with E-state index in [9.17, 15) is 4.79 Å². The minimum Gasteiger partial charge on any atom is -0.490 e. The number of benzene rings is 1. The Morgan fingerprint density at radius 1 is 1.41 bits per heavy atom. The molecule has 0 spiro atoms. The minimum absolute atomic E-state index is 0.130. The lowest BCUT2D eigenvalue weighted by molar-refractivity contribution is -0.147. The van der Waals surface area contributed by atoms with Crippen LogP contribution >= 0.6 is 0 Å². The van der Waals surface area contributed by atoms with Gasteiger partial charge in [0, 0.05) is 6.92 Å². The standard InChI is InChI=1S/C13H15NO3/c1-10-3-5-12(6-4-10)16-9-13(7-8-14)17-11(2)15/h3-6,13H,7,9H2,1-2H3/t13-/m1/s1. The molecule has 0 heterocycles. The van der Waals surface area contributed by atoms with Crippen molar-refractivity contribution in [3.63, 3.8) is 0 Å². The van der Waals surface area contributed by atoms with E-state index in [1.54, 1.807) is 0 Å². The van der Waals surface area contributed by atoms with Crippen LogP contribution in [0.25, 0.3) is 0 Å². The predicted octanol–water partition coefficient (Wildman–Crippen LogP) is 2.22. The zero-order valence-electron chi connectivity index (χ0n) is 9.97. The van der Waals surface area contributed by atoms with Crippen molar-refractivity contribution in [1.29, 1.82) is 5.26 Å². The summed E-state index contributed by atoms with van der Waals surface area (Å²) in [4.78, 5) is 10.8. The third kappa shape index (κ3) is 5.03. The van der Waals surface area contributed by atoms with Crippen molar-refractivity contribution in [2.75, 3.05) is 6.61 Å². The number of nitrogens with zero attached hydrogens (tertiary/aromatic N) is 1. The van der Waals surface area contributed by atoms with Crippen molar-refractivity contribution in [3.05, 3.63) is 29.8 Å². The van der Waals surface area contributed by atoms with Gasteiger partial charge in [0.2, 0.25) is 0 Å². The molecule has 1 atom stereocenters. The van der Waals surface area contributed by atoms with E-state index in [1.807, 2.05) is 37.3 Å². The first-order valence-corrected chi connectivity index (χ1v) is 5.35. The van der Waals surface area contributed by atoms with Gasteiger partial charge in [-0.2, -0.15) is 5.26 Å². The summed E-state index contributed by atoms with van der Waals surface area (Å²) in [5.41, 5.74) is 1.14. The highest BCUT2D eigenvalue weighted by Crippen LogP contribution is 2.12. The third-order valence-electron chi connectivity index (χ3n) is 2.11. The fourth-order valence-electron chi connectivity index (χ4n) is 1.29. The van der Waals surface area contributed by atoms with Crippen LogP contribution in [0, 0.1) is 18.3 Å². The van der Waals surface area contributed by atoms with Crippen molar-refractivity contribution in [2.24, 2.45) is 0 Å². The quantitative estimate of drug-likeness (QED) is 0.732. The maximum atomic E-state index is 10.8. The second-order valence-electron chi connectivity index (χ2n) is 3.72. The molecule has 0 amide bonds. The number of nitriles is 1. The van der Waals surface area contributed by atoms with Crippen LogP contribution in [0.1, 0.15) is 18.9 Å². The fourth-order valence-corrected chi connectivity index (χ4v) is 1.29. The Hall–Kier alpha value is -2.02. The summed E-state index contributed by atoms with van der Waals surface area (Å²) in [7, 11) is 0. The summed E-state index contributed by atoms with van der Waals surface area (Å²) < 4.78 is 10.4. The van der Waals surface area contributed by atoms with Gasteiger partial charge in [0.15, 0.2) is 0 Å². The predicted molar refractivity (Wildman–Crippen MR) is 62.5 cm³/mol. The Bertz CT molecular complexity index is 406. The number of esters is 1. The number of carbonyl (C=O) groups is 1. The van der Waals surface area contributed by atoms with E-state index in [1.165, 1.54) is 6.92 Å². The highest BCUT2D eigenvalue weighted by atomic mass is 16.6. The number of aryl methyl sites for hydroxylation is 1. The maximum absolute atomic E-state index is 10.8. The lowest BCUT2D eigenvalue weighted by Crippen LogP contribution is -2.23. The molecule has 90 valence electrons. The normalized spacial score (nSPS) is 11.4. The van der Waals surface area contributed by atoms with Crippen LogP contribution in [0.3, 0.4) is 0 Å². The van der Waals surface area contributed by atoms with Crippen LogP contribution in [-0.2, 0) is 9.53 Å². The molecule has 1 rings (SSSR count). The number of ether oxygens (including phenoxy) is 2. The van der Waals surface area contributed by atoms with Crippen molar-refractivity contribution in [1.82, 2.24) is 0 Å². The van der Waals surface area contributed by atoms with E-state index in [2.05, 4.69) is 0 Å². The lowest BCUT2D eigenvalue weighted by atomic mass is 10.2. The van der Waals surface area contributed by atoms with Gasteiger partial charge in [-0.25, -0.2) is 0 Å². The molecule has 1 aromatic rings. The summed E-state index contributed by atoms with van der Waals surface area (Å²) in [6.07, 6.45) is -0.385. The van der Waals surface area contributed by atoms with E-state index >= 15 is 0 Å². The fraction of sp³-hybridized carbons (Fsp3) is 0.385. The molecule has 0 unspecified atom stereocenters. The van der Waals surface area contributed by atoms with Gasteiger partial charge in [-0.15, -0.1) is 0 Å². The molecule has 1 aromatic carbocycles. The minimum atomic E-state index is -0.515. The first-order valence-electron chi connectivity index (χ1n) is 5.35. The molecule has 0 saturated carbocycles. The lowest BCUT2D eigenvalue weighted by Gasteiger charge is -2.14. The van der Waals surface area contributed by atoms with E-state index in [0.29, 0.717) is 5.75 Å². The van der Waals surface area contributed by atoms with Crippen LogP contribution < -0.4 is 4.74 Å². The topological polar surface area (TPSA) is 59.3 Å². The molecule has 4 nitrogen and oxygen atoms in total. The molecule has 0 radical (unpaired) electrons. The van der Waals surface area contributed by atoms with Gasteiger partial charge in [0.1, 0.15) is 18.5 Å². The summed E-state index contributed by atoms with van der Waals surface area (Å²) in [5.74, 6) is 0.295. The molecule has 0 fully saturated rings. The van der Waals surface area contributed by atoms with Gasteiger partial charge in [-0.3, -0.25) is 4.79 Å². The summed E-state index contributed by atoms with van der Waals surface area (Å²) in [6.45, 7) is 3.49. The van der Waals surface area contributed by atoms with E-state index in [4.69, 9.17) is 14.7 Å². The Morgan fingerprint density at radius 2 is 2.06 bits per heavy atom. The van der Waals surface area contributed by atoms with E-state index in [0.717, 1.165) is 5.56 Å². The van der Waals surface area contributed by atoms with Gasteiger partial charge in [0.25, 0.3) is 0 Å². The van der Waals surface area contributed by atoms with E-state index in [-0.39, 0.29) is 13.0 Å². The number of hydrogen-bond donors (Lipinski definition) is 0. The largest absolute Gasteiger partial charge is 0.490 e. The molecule has 0 bridgehead atoms. The molecule has 0 aliphatic heterocycles. The number of rotatable bonds is 5. The molecule has 0 N–H and O–H groups in total. The van der Waals surface area contributed by atoms with Gasteiger partial charge >= 0.3 is 5.97 Å². The molecule has 0 aliphatic carbocycles. The zero-order valence-corrected chi connectivity index (χ0v) is 9.97. The third-order valence-corrected chi connectivity index (χ3v) is 2.11. The maximum Gasteiger partial charge on any atom is 0.303 e. The Labute approximate surface area is 101 Å². The first kappa shape index (κ1) is 13.0. The van der Waals surface area contributed by atoms with Crippen molar-refractivity contribution < 1.29 is 14.3 Å². The monoisotopic (exact) mass is 233 g/mol. The van der Waals surface area contributed by atoms with Crippen molar-refractivity contribution >= 4 is 5.97 Å². The van der Waals surface area contributed by atoms with Crippen LogP contribution in [0.5, 0.6) is 5.75 Å². The summed E-state index contributed by atoms with van der Waals surface area (Å²) in [6, 6.07) is 9.50. The van der Waals surface area contributed by atoms with Gasteiger partial charge in [-0.1, -0.05) is 17.7 Å². The average Bonchev–Trinajstić information content (AvgIpc) is 2.27. The van der Waals surface area contributed by atoms with Crippen LogP contribution in [0.4, 0.5) is 0 Å². The van der Waals surface area contributed by atoms with Gasteiger partial charge in [-0.05, 0) is 19.1 Å². The number of carbonyl (C=O) groups excluding carboxylic acids is 1. The van der Waals surface area contributed by atoms with Gasteiger partial charge < -0.3 is 9.47 Å². The smallest absolute Gasteiger partial charge is 0.303 e. The SMILES string of the molecule is CC(=O)O[C@H](CC#N)COc1ccc(C)cc1. The summed E-state index contributed by atoms with van der Waals surface area (Å²) >= 11 is 0. The highest BCUT2D eigenvalue weighted by Gasteiger charge is 2.12. The Balaban J connectivity index is 2.48. The molecular formula is C13H15NO3. The Kier molecular flexibility index (Phi) is 5.02. The molecule has 4 heteroatoms. The van der Waals surface area contributed by atoms with Crippen LogP contribution in [0.2, 0.25) is 0 Å². The number of hydrogen-bond acceptors (Lipinski definition) is 4. The first-order chi connectivity index (χ1) is 8.11. The molecular weight excluding hydrogens is 218 g/mol. The Morgan fingerprint density at radius 3 is 2.59 bits per heavy atom. The van der Waals surface area contributed by atoms with Crippen LogP contribution in [0.15, 0.2) is 24.3 Å². The molecule has 17 heavy (non-hydrogen) atoms. The van der Waals surface area contributed by atoms with Crippen LogP contribution in [-0.4, -0.2) is 18.7 Å². The molecule has 0 aliphatic rings. The molecule has 0 aromatic heterocycles. The van der Waals surface area contributed by atoms with Crippen molar-refractivity contribution in [2.45, 2.75) is 26.4 Å². The van der Waals surface area contributed by atoms with E-state index < -0.39 is 12.1 Å². The summed E-state index contributed by atoms with van der Waals surface area (Å²) in [5, 5.41) is 8.59. The molecule has 0 saturated heterocycles. The second kappa shape index (κ2) is 6.54. The second-order valence-corrected chi connectivity index (χ2v) is 3.72. The average molecular weight is 233 g/mol. The van der Waals surface area contributed by atoms with Gasteiger partial charge in [0.05, 0.1) is 12.5 Å². The van der Waals surface area contributed by atoms with Crippen molar-refractivity contribution in [3.8, 4) is 11.8 Å². The zero-order chi connectivity index (χ0) is 12.7. The highest BCUT2D eigenvalue weighted by molar-refractivity contribution is 5.66.